The van der Waals surface area contributed by atoms with E-state index in [1.54, 1.807) is 28.9 Å². The minimum absolute atomic E-state index is 0.00988. The van der Waals surface area contributed by atoms with Crippen molar-refractivity contribution in [1.29, 1.82) is 0 Å². The van der Waals surface area contributed by atoms with E-state index in [1.807, 2.05) is 24.3 Å². The van der Waals surface area contributed by atoms with Gasteiger partial charge in [0.05, 0.1) is 18.0 Å². The molecule has 0 radical (unpaired) electrons. The van der Waals surface area contributed by atoms with Gasteiger partial charge in [-0.05, 0) is 41.2 Å². The molecule has 2 aromatic rings. The Morgan fingerprint density at radius 2 is 1.76 bits per heavy atom. The zero-order valence-corrected chi connectivity index (χ0v) is 16.4. The largest absolute Gasteiger partial charge is 0.478 e. The van der Waals surface area contributed by atoms with E-state index in [0.29, 0.717) is 31.6 Å². The number of carbonyl (C=O) groups excluding carboxylic acids is 2. The lowest BCUT2D eigenvalue weighted by molar-refractivity contribution is -0.137. The summed E-state index contributed by atoms with van der Waals surface area (Å²) >= 11 is 0. The number of amides is 2. The molecule has 0 fully saturated rings. The van der Waals surface area contributed by atoms with Crippen molar-refractivity contribution in [3.8, 4) is 0 Å². The van der Waals surface area contributed by atoms with Gasteiger partial charge in [0.15, 0.2) is 0 Å². The summed E-state index contributed by atoms with van der Waals surface area (Å²) in [4.78, 5) is 40.4. The van der Waals surface area contributed by atoms with Crippen molar-refractivity contribution in [2.24, 2.45) is 0 Å². The highest BCUT2D eigenvalue weighted by molar-refractivity contribution is 5.90. The molecule has 0 bridgehead atoms. The molecular weight excluding hydrogens is 368 g/mol. The highest BCUT2D eigenvalue weighted by atomic mass is 16.4. The highest BCUT2D eigenvalue weighted by Crippen LogP contribution is 2.33. The van der Waals surface area contributed by atoms with Crippen LogP contribution in [-0.2, 0) is 29.0 Å². The fraction of sp³-hybridized carbons (Fsp3) is 0.348. The van der Waals surface area contributed by atoms with Crippen LogP contribution in [0.15, 0.2) is 42.5 Å². The average molecular weight is 392 g/mol. The molecule has 2 aliphatic rings. The molecule has 1 N–H and O–H groups in total. The van der Waals surface area contributed by atoms with E-state index >= 15 is 0 Å². The Hall–Kier alpha value is -3.15. The van der Waals surface area contributed by atoms with Gasteiger partial charge in [-0.1, -0.05) is 36.4 Å². The summed E-state index contributed by atoms with van der Waals surface area (Å²) in [7, 11) is 0. The van der Waals surface area contributed by atoms with Crippen molar-refractivity contribution >= 4 is 17.8 Å². The minimum atomic E-state index is -0.933. The molecule has 150 valence electrons. The number of carboxylic acid groups (broad SMARTS) is 1. The molecule has 29 heavy (non-hydrogen) atoms. The molecule has 0 saturated carbocycles. The fourth-order valence-corrected chi connectivity index (χ4v) is 4.57. The SMILES string of the molecule is CC(=O)N1CCc2ccccc2C1CC(=O)N1CCc2c(cccc2C(=O)O)C1. The molecule has 6 heteroatoms. The summed E-state index contributed by atoms with van der Waals surface area (Å²) < 4.78 is 0. The standard InChI is InChI=1S/C23H24N2O4/c1-15(26)25-12-9-16-5-2-3-7-19(16)21(25)13-22(27)24-11-10-18-17(14-24)6-4-8-20(18)23(28)29/h2-8,21H,9-14H2,1H3,(H,28,29). The third-order valence-corrected chi connectivity index (χ3v) is 6.03. The van der Waals surface area contributed by atoms with E-state index in [0.717, 1.165) is 23.1 Å². The highest BCUT2D eigenvalue weighted by Gasteiger charge is 2.33. The number of rotatable bonds is 3. The molecule has 1 unspecified atom stereocenters. The summed E-state index contributed by atoms with van der Waals surface area (Å²) in [5.41, 5.74) is 4.26. The quantitative estimate of drug-likeness (QED) is 0.871. The van der Waals surface area contributed by atoms with Crippen LogP contribution in [0.5, 0.6) is 0 Å². The second-order valence-electron chi connectivity index (χ2n) is 7.69. The van der Waals surface area contributed by atoms with Crippen LogP contribution in [0.4, 0.5) is 0 Å². The number of hydrogen-bond acceptors (Lipinski definition) is 3. The maximum absolute atomic E-state index is 13.1. The van der Waals surface area contributed by atoms with Crippen LogP contribution < -0.4 is 0 Å². The first-order valence-electron chi connectivity index (χ1n) is 9.92. The third-order valence-electron chi connectivity index (χ3n) is 6.03. The van der Waals surface area contributed by atoms with E-state index in [-0.39, 0.29) is 24.3 Å². The van der Waals surface area contributed by atoms with Gasteiger partial charge in [0.25, 0.3) is 0 Å². The van der Waals surface area contributed by atoms with E-state index in [2.05, 4.69) is 6.07 Å². The molecule has 2 heterocycles. The smallest absolute Gasteiger partial charge is 0.335 e. The van der Waals surface area contributed by atoms with Crippen LogP contribution in [0.3, 0.4) is 0 Å². The zero-order valence-electron chi connectivity index (χ0n) is 16.4. The van der Waals surface area contributed by atoms with Crippen molar-refractivity contribution < 1.29 is 19.5 Å². The Balaban J connectivity index is 1.56. The summed E-state index contributed by atoms with van der Waals surface area (Å²) in [6.45, 7) is 3.07. The fourth-order valence-electron chi connectivity index (χ4n) is 4.57. The zero-order chi connectivity index (χ0) is 20.5. The molecule has 0 aromatic heterocycles. The number of nitrogens with zero attached hydrogens (tertiary/aromatic N) is 2. The van der Waals surface area contributed by atoms with Crippen molar-refractivity contribution in [3.05, 3.63) is 70.3 Å². The van der Waals surface area contributed by atoms with Gasteiger partial charge in [-0.15, -0.1) is 0 Å². The van der Waals surface area contributed by atoms with Gasteiger partial charge in [-0.2, -0.15) is 0 Å². The maximum atomic E-state index is 13.1. The lowest BCUT2D eigenvalue weighted by atomic mass is 9.89. The third kappa shape index (κ3) is 3.62. The Kier molecular flexibility index (Phi) is 5.09. The lowest BCUT2D eigenvalue weighted by Gasteiger charge is -2.38. The molecule has 1 atom stereocenters. The lowest BCUT2D eigenvalue weighted by Crippen LogP contribution is -2.43. The van der Waals surface area contributed by atoms with Gasteiger partial charge in [0, 0.05) is 26.6 Å². The summed E-state index contributed by atoms with van der Waals surface area (Å²) in [6.07, 6.45) is 1.57. The molecule has 0 saturated heterocycles. The van der Waals surface area contributed by atoms with Crippen LogP contribution >= 0.6 is 0 Å². The maximum Gasteiger partial charge on any atom is 0.335 e. The Bertz CT molecular complexity index is 985. The summed E-state index contributed by atoms with van der Waals surface area (Å²) in [5.74, 6) is -0.964. The minimum Gasteiger partial charge on any atom is -0.478 e. The first-order valence-corrected chi connectivity index (χ1v) is 9.92. The molecule has 0 spiro atoms. The van der Waals surface area contributed by atoms with Gasteiger partial charge in [0.2, 0.25) is 11.8 Å². The molecule has 6 nitrogen and oxygen atoms in total. The van der Waals surface area contributed by atoms with Crippen LogP contribution in [0.1, 0.15) is 52.0 Å². The topological polar surface area (TPSA) is 77.9 Å². The van der Waals surface area contributed by atoms with E-state index in [1.165, 1.54) is 5.56 Å². The first kappa shape index (κ1) is 19.2. The number of benzene rings is 2. The van der Waals surface area contributed by atoms with E-state index < -0.39 is 5.97 Å². The van der Waals surface area contributed by atoms with E-state index in [4.69, 9.17) is 0 Å². The predicted octanol–water partition coefficient (Wildman–Crippen LogP) is 2.81. The van der Waals surface area contributed by atoms with Gasteiger partial charge < -0.3 is 14.9 Å². The van der Waals surface area contributed by atoms with Gasteiger partial charge in [0.1, 0.15) is 0 Å². The molecule has 0 aliphatic carbocycles. The van der Waals surface area contributed by atoms with Crippen molar-refractivity contribution in [2.75, 3.05) is 13.1 Å². The molecule has 2 amide bonds. The molecule has 4 rings (SSSR count). The second kappa shape index (κ2) is 7.70. The van der Waals surface area contributed by atoms with Gasteiger partial charge in [-0.3, -0.25) is 9.59 Å². The monoisotopic (exact) mass is 392 g/mol. The number of carboxylic acids is 1. The Labute approximate surface area is 169 Å². The van der Waals surface area contributed by atoms with Crippen LogP contribution in [0, 0.1) is 0 Å². The van der Waals surface area contributed by atoms with Crippen molar-refractivity contribution in [1.82, 2.24) is 9.80 Å². The predicted molar refractivity (Wildman–Crippen MR) is 107 cm³/mol. The Morgan fingerprint density at radius 3 is 2.52 bits per heavy atom. The van der Waals surface area contributed by atoms with Crippen molar-refractivity contribution in [3.63, 3.8) is 0 Å². The summed E-state index contributed by atoms with van der Waals surface area (Å²) in [6, 6.07) is 13.0. The van der Waals surface area contributed by atoms with E-state index in [9.17, 15) is 19.5 Å². The second-order valence-corrected chi connectivity index (χ2v) is 7.69. The number of aromatic carboxylic acids is 1. The average Bonchev–Trinajstić information content (AvgIpc) is 2.72. The van der Waals surface area contributed by atoms with Gasteiger partial charge in [-0.25, -0.2) is 4.79 Å². The Morgan fingerprint density at radius 1 is 1.00 bits per heavy atom. The van der Waals surface area contributed by atoms with Crippen LogP contribution in [-0.4, -0.2) is 45.8 Å². The summed E-state index contributed by atoms with van der Waals surface area (Å²) in [5, 5.41) is 9.39. The normalized spacial score (nSPS) is 18.0. The molecule has 2 aliphatic heterocycles. The number of fused-ring (bicyclic) bond motifs is 2. The van der Waals surface area contributed by atoms with Gasteiger partial charge >= 0.3 is 5.97 Å². The molecular formula is C23H24N2O4. The number of hydrogen-bond donors (Lipinski definition) is 1. The van der Waals surface area contributed by atoms with Crippen LogP contribution in [0.2, 0.25) is 0 Å². The molecule has 2 aromatic carbocycles. The number of carbonyl (C=O) groups is 3. The van der Waals surface area contributed by atoms with Crippen LogP contribution in [0.25, 0.3) is 0 Å². The first-order chi connectivity index (χ1) is 14.0. The van der Waals surface area contributed by atoms with Crippen molar-refractivity contribution in [2.45, 2.75) is 38.8 Å².